The van der Waals surface area contributed by atoms with Gasteiger partial charge in [-0.3, -0.25) is 0 Å². The quantitative estimate of drug-likeness (QED) is 0.546. The first-order valence-corrected chi connectivity index (χ1v) is 5.78. The van der Waals surface area contributed by atoms with Gasteiger partial charge in [-0.25, -0.2) is 9.59 Å². The number of anilines is 2. The third-order valence-electron chi connectivity index (χ3n) is 2.76. The normalized spacial score (nSPS) is 10.1. The summed E-state index contributed by atoms with van der Waals surface area (Å²) in [4.78, 5) is 21.8. The summed E-state index contributed by atoms with van der Waals surface area (Å²) in [5, 5.41) is 39.8. The number of carboxylic acids is 2. The summed E-state index contributed by atoms with van der Waals surface area (Å²) in [6, 6.07) is 7.15. The van der Waals surface area contributed by atoms with E-state index < -0.39 is 11.9 Å². The number of aromatic carboxylic acids is 2. The maximum absolute atomic E-state index is 10.9. The van der Waals surface area contributed by atoms with Crippen LogP contribution in [0.25, 0.3) is 0 Å². The Kier molecular flexibility index (Phi) is 3.66. The molecule has 0 aliphatic heterocycles. The average Bonchev–Trinajstić information content (AvgIpc) is 2.43. The Bertz CT molecular complexity index is 664. The van der Waals surface area contributed by atoms with Gasteiger partial charge >= 0.3 is 11.9 Å². The number of phenolic OH excluding ortho intramolecular Hbond substituents is 2. The van der Waals surface area contributed by atoms with Crippen LogP contribution in [0.2, 0.25) is 0 Å². The maximum Gasteiger partial charge on any atom is 0.335 e. The van der Waals surface area contributed by atoms with Gasteiger partial charge in [0.25, 0.3) is 0 Å². The van der Waals surface area contributed by atoms with Gasteiger partial charge < -0.3 is 25.7 Å². The highest BCUT2D eigenvalue weighted by molar-refractivity contribution is 5.92. The van der Waals surface area contributed by atoms with E-state index in [1.165, 1.54) is 36.4 Å². The van der Waals surface area contributed by atoms with Gasteiger partial charge in [-0.1, -0.05) is 0 Å². The molecule has 0 spiro atoms. The summed E-state index contributed by atoms with van der Waals surface area (Å²) in [6.45, 7) is 0. The van der Waals surface area contributed by atoms with Crippen LogP contribution >= 0.6 is 0 Å². The molecule has 7 heteroatoms. The van der Waals surface area contributed by atoms with Crippen LogP contribution in [0.5, 0.6) is 11.5 Å². The molecule has 108 valence electrons. The molecule has 2 aromatic carbocycles. The molecule has 0 saturated heterocycles. The number of phenols is 2. The van der Waals surface area contributed by atoms with E-state index in [2.05, 4.69) is 5.32 Å². The van der Waals surface area contributed by atoms with E-state index in [9.17, 15) is 19.8 Å². The Morgan fingerprint density at radius 2 is 1.14 bits per heavy atom. The molecule has 2 rings (SSSR count). The van der Waals surface area contributed by atoms with Crippen molar-refractivity contribution in [3.8, 4) is 11.5 Å². The molecule has 0 unspecified atom stereocenters. The Morgan fingerprint density at radius 3 is 1.48 bits per heavy atom. The summed E-state index contributed by atoms with van der Waals surface area (Å²) in [6.07, 6.45) is 0. The molecule has 0 amide bonds. The van der Waals surface area contributed by atoms with Gasteiger partial charge in [0.1, 0.15) is 11.5 Å². The zero-order valence-electron chi connectivity index (χ0n) is 10.6. The molecule has 0 fully saturated rings. The second-order valence-electron chi connectivity index (χ2n) is 4.20. The molecule has 0 atom stereocenters. The molecule has 7 nitrogen and oxygen atoms in total. The third kappa shape index (κ3) is 3.03. The number of hydrogen-bond acceptors (Lipinski definition) is 5. The van der Waals surface area contributed by atoms with Crippen LogP contribution in [0.4, 0.5) is 11.4 Å². The summed E-state index contributed by atoms with van der Waals surface area (Å²) in [5.41, 5.74) is -0.0613. The predicted molar refractivity (Wildman–Crippen MR) is 73.4 cm³/mol. The van der Waals surface area contributed by atoms with Gasteiger partial charge in [0.15, 0.2) is 0 Å². The van der Waals surface area contributed by atoms with Gasteiger partial charge in [-0.05, 0) is 36.4 Å². The fourth-order valence-electron chi connectivity index (χ4n) is 1.68. The molecule has 21 heavy (non-hydrogen) atoms. The highest BCUT2D eigenvalue weighted by Gasteiger charge is 2.12. The largest absolute Gasteiger partial charge is 0.506 e. The fourth-order valence-corrected chi connectivity index (χ4v) is 1.68. The minimum absolute atomic E-state index is 0.0349. The summed E-state index contributed by atoms with van der Waals surface area (Å²) in [5.74, 6) is -2.83. The molecule has 0 aromatic heterocycles. The van der Waals surface area contributed by atoms with Crippen LogP contribution in [-0.2, 0) is 0 Å². The van der Waals surface area contributed by atoms with Crippen LogP contribution in [0, 0.1) is 0 Å². The molecule has 5 N–H and O–H groups in total. The van der Waals surface area contributed by atoms with Crippen LogP contribution in [0.15, 0.2) is 36.4 Å². The standard InChI is InChI=1S/C14H11NO6/c16-11-3-1-7(13(18)19)5-9(11)15-10-6-8(14(20)21)2-4-12(10)17/h1-6,15-17H,(H,18,19)(H,20,21). The first-order valence-electron chi connectivity index (χ1n) is 5.78. The van der Waals surface area contributed by atoms with E-state index in [0.29, 0.717) is 0 Å². The highest BCUT2D eigenvalue weighted by Crippen LogP contribution is 2.32. The zero-order chi connectivity index (χ0) is 15.6. The predicted octanol–water partition coefficient (Wildman–Crippen LogP) is 2.24. The van der Waals surface area contributed by atoms with Gasteiger partial charge in [0, 0.05) is 0 Å². The summed E-state index contributed by atoms with van der Waals surface area (Å²) >= 11 is 0. The Morgan fingerprint density at radius 1 is 0.762 bits per heavy atom. The third-order valence-corrected chi connectivity index (χ3v) is 2.76. The molecular weight excluding hydrogens is 278 g/mol. The van der Waals surface area contributed by atoms with E-state index in [1.54, 1.807) is 0 Å². The van der Waals surface area contributed by atoms with Gasteiger partial charge in [-0.15, -0.1) is 0 Å². The SMILES string of the molecule is O=C(O)c1ccc(O)c(Nc2cc(C(=O)O)ccc2O)c1. The Balaban J connectivity index is 2.42. The van der Waals surface area contributed by atoms with Crippen molar-refractivity contribution >= 4 is 23.3 Å². The Hall–Kier alpha value is -3.22. The highest BCUT2D eigenvalue weighted by atomic mass is 16.4. The van der Waals surface area contributed by atoms with Crippen LogP contribution < -0.4 is 5.32 Å². The number of hydrogen-bond donors (Lipinski definition) is 5. The van der Waals surface area contributed by atoms with Crippen LogP contribution in [0.1, 0.15) is 20.7 Å². The topological polar surface area (TPSA) is 127 Å². The monoisotopic (exact) mass is 289 g/mol. The number of carboxylic acid groups (broad SMARTS) is 2. The van der Waals surface area contributed by atoms with E-state index >= 15 is 0 Å². The first-order chi connectivity index (χ1) is 9.88. The van der Waals surface area contributed by atoms with Crippen molar-refractivity contribution in [2.45, 2.75) is 0 Å². The first kappa shape index (κ1) is 14.2. The fraction of sp³-hybridized carbons (Fsp3) is 0. The Labute approximate surface area is 118 Å². The van der Waals surface area contributed by atoms with Crippen molar-refractivity contribution in [1.29, 1.82) is 0 Å². The van der Waals surface area contributed by atoms with Crippen molar-refractivity contribution in [3.63, 3.8) is 0 Å². The smallest absolute Gasteiger partial charge is 0.335 e. The van der Waals surface area contributed by atoms with Crippen molar-refractivity contribution in [1.82, 2.24) is 0 Å². The molecule has 0 aliphatic rings. The number of nitrogens with one attached hydrogen (secondary N) is 1. The van der Waals surface area contributed by atoms with Crippen LogP contribution in [-0.4, -0.2) is 32.4 Å². The van der Waals surface area contributed by atoms with Crippen molar-refractivity contribution in [2.24, 2.45) is 0 Å². The number of carbonyl (C=O) groups is 2. The average molecular weight is 289 g/mol. The lowest BCUT2D eigenvalue weighted by Crippen LogP contribution is -2.00. The van der Waals surface area contributed by atoms with E-state index in [4.69, 9.17) is 10.2 Å². The van der Waals surface area contributed by atoms with E-state index in [-0.39, 0.29) is 34.0 Å². The van der Waals surface area contributed by atoms with Gasteiger partial charge in [0.05, 0.1) is 22.5 Å². The molecule has 0 radical (unpaired) electrons. The summed E-state index contributed by atoms with van der Waals surface area (Å²) < 4.78 is 0. The molecule has 2 aromatic rings. The maximum atomic E-state index is 10.9. The summed E-state index contributed by atoms with van der Waals surface area (Å²) in [7, 11) is 0. The number of rotatable bonds is 4. The van der Waals surface area contributed by atoms with Crippen LogP contribution in [0.3, 0.4) is 0 Å². The number of benzene rings is 2. The van der Waals surface area contributed by atoms with Gasteiger partial charge in [-0.2, -0.15) is 0 Å². The number of aromatic hydroxyl groups is 2. The second kappa shape index (κ2) is 5.41. The molecule has 0 heterocycles. The van der Waals surface area contributed by atoms with Gasteiger partial charge in [0.2, 0.25) is 0 Å². The lowest BCUT2D eigenvalue weighted by Gasteiger charge is -2.11. The molecule has 0 bridgehead atoms. The molecule has 0 saturated carbocycles. The van der Waals surface area contributed by atoms with E-state index in [1.807, 2.05) is 0 Å². The molecule has 0 aliphatic carbocycles. The zero-order valence-corrected chi connectivity index (χ0v) is 10.6. The second-order valence-corrected chi connectivity index (χ2v) is 4.20. The van der Waals surface area contributed by atoms with Crippen molar-refractivity contribution in [2.75, 3.05) is 5.32 Å². The molecular formula is C14H11NO6. The lowest BCUT2D eigenvalue weighted by molar-refractivity contribution is 0.0686. The minimum atomic E-state index is -1.18. The van der Waals surface area contributed by atoms with Crippen molar-refractivity contribution < 1.29 is 30.0 Å². The van der Waals surface area contributed by atoms with Crippen molar-refractivity contribution in [3.05, 3.63) is 47.5 Å². The minimum Gasteiger partial charge on any atom is -0.506 e. The lowest BCUT2D eigenvalue weighted by atomic mass is 10.1. The van der Waals surface area contributed by atoms with E-state index in [0.717, 1.165) is 0 Å².